The van der Waals surface area contributed by atoms with Gasteiger partial charge in [-0.1, -0.05) is 13.8 Å². The zero-order chi connectivity index (χ0) is 9.64. The molecule has 72 valence electrons. The topological polar surface area (TPSA) is 34.1 Å². The second kappa shape index (κ2) is 2.66. The van der Waals surface area contributed by atoms with Crippen LogP contribution < -0.4 is 0 Å². The van der Waals surface area contributed by atoms with E-state index in [1.54, 1.807) is 0 Å². The SMILES string of the molecule is CC1(C)C2CCC(C2)C1C(=O)C=O. The van der Waals surface area contributed by atoms with E-state index in [1.807, 2.05) is 0 Å². The molecule has 0 aromatic rings. The molecule has 3 atom stereocenters. The Morgan fingerprint density at radius 1 is 1.38 bits per heavy atom. The van der Waals surface area contributed by atoms with Crippen LogP contribution >= 0.6 is 0 Å². The lowest BCUT2D eigenvalue weighted by molar-refractivity contribution is -0.136. The van der Waals surface area contributed by atoms with Crippen LogP contribution in [0, 0.1) is 23.2 Å². The van der Waals surface area contributed by atoms with Crippen molar-refractivity contribution in [2.45, 2.75) is 33.1 Å². The van der Waals surface area contributed by atoms with Crippen LogP contribution in [0.25, 0.3) is 0 Å². The predicted octanol–water partition coefficient (Wildman–Crippen LogP) is 1.83. The van der Waals surface area contributed by atoms with Gasteiger partial charge in [-0.3, -0.25) is 9.59 Å². The number of fused-ring (bicyclic) bond motifs is 2. The van der Waals surface area contributed by atoms with Crippen molar-refractivity contribution in [1.82, 2.24) is 0 Å². The Hall–Kier alpha value is -0.660. The van der Waals surface area contributed by atoms with Crippen LogP contribution in [0.15, 0.2) is 0 Å². The third-order valence-electron chi connectivity index (χ3n) is 4.22. The van der Waals surface area contributed by atoms with Gasteiger partial charge in [-0.25, -0.2) is 0 Å². The van der Waals surface area contributed by atoms with Crippen LogP contribution in [0.3, 0.4) is 0 Å². The molecule has 2 heteroatoms. The number of aldehydes is 1. The molecule has 2 aliphatic rings. The number of carbonyl (C=O) groups excluding carboxylic acids is 2. The lowest BCUT2D eigenvalue weighted by atomic mass is 9.67. The van der Waals surface area contributed by atoms with Gasteiger partial charge in [0.05, 0.1) is 0 Å². The summed E-state index contributed by atoms with van der Waals surface area (Å²) in [4.78, 5) is 22.0. The first-order valence-electron chi connectivity index (χ1n) is 5.06. The van der Waals surface area contributed by atoms with Crippen LogP contribution in [-0.4, -0.2) is 12.1 Å². The maximum absolute atomic E-state index is 11.5. The Morgan fingerprint density at radius 3 is 2.54 bits per heavy atom. The average molecular weight is 180 g/mol. The van der Waals surface area contributed by atoms with Gasteiger partial charge < -0.3 is 0 Å². The number of ketones is 1. The third kappa shape index (κ3) is 1.07. The maximum Gasteiger partial charge on any atom is 0.199 e. The molecule has 0 aromatic carbocycles. The van der Waals surface area contributed by atoms with Gasteiger partial charge in [0.1, 0.15) is 0 Å². The fourth-order valence-corrected chi connectivity index (χ4v) is 3.53. The molecular formula is C11H16O2. The lowest BCUT2D eigenvalue weighted by Crippen LogP contribution is -2.36. The third-order valence-corrected chi connectivity index (χ3v) is 4.22. The van der Waals surface area contributed by atoms with Gasteiger partial charge in [-0.15, -0.1) is 0 Å². The van der Waals surface area contributed by atoms with Crippen LogP contribution in [0.2, 0.25) is 0 Å². The normalized spacial score (nSPS) is 40.6. The highest BCUT2D eigenvalue weighted by molar-refractivity contribution is 6.26. The van der Waals surface area contributed by atoms with Crippen molar-refractivity contribution in [2.24, 2.45) is 23.2 Å². The van der Waals surface area contributed by atoms with Crippen molar-refractivity contribution in [3.05, 3.63) is 0 Å². The minimum atomic E-state index is -0.169. The zero-order valence-corrected chi connectivity index (χ0v) is 8.25. The molecule has 0 aromatic heterocycles. The highest BCUT2D eigenvalue weighted by Gasteiger charge is 2.55. The number of carbonyl (C=O) groups is 2. The molecule has 0 radical (unpaired) electrons. The summed E-state index contributed by atoms with van der Waals surface area (Å²) in [5.74, 6) is 1.02. The number of rotatable bonds is 2. The summed E-state index contributed by atoms with van der Waals surface area (Å²) < 4.78 is 0. The Morgan fingerprint density at radius 2 is 2.08 bits per heavy atom. The standard InChI is InChI=1S/C11H16O2/c1-11(2)8-4-3-7(5-8)10(11)9(13)6-12/h6-8,10H,3-5H2,1-2H3. The van der Waals surface area contributed by atoms with Gasteiger partial charge in [-0.2, -0.15) is 0 Å². The summed E-state index contributed by atoms with van der Waals surface area (Å²) in [6.45, 7) is 4.28. The van der Waals surface area contributed by atoms with E-state index in [9.17, 15) is 9.59 Å². The molecule has 0 amide bonds. The van der Waals surface area contributed by atoms with Crippen LogP contribution in [0.4, 0.5) is 0 Å². The van der Waals surface area contributed by atoms with E-state index < -0.39 is 0 Å². The highest BCUT2D eigenvalue weighted by atomic mass is 16.2. The van der Waals surface area contributed by atoms with Gasteiger partial charge in [0, 0.05) is 5.92 Å². The van der Waals surface area contributed by atoms with Crippen molar-refractivity contribution in [3.8, 4) is 0 Å². The summed E-state index contributed by atoms with van der Waals surface area (Å²) in [6, 6.07) is 0. The van der Waals surface area contributed by atoms with Crippen LogP contribution in [-0.2, 0) is 9.59 Å². The first kappa shape index (κ1) is 8.92. The molecule has 13 heavy (non-hydrogen) atoms. The van der Waals surface area contributed by atoms with Crippen molar-refractivity contribution in [3.63, 3.8) is 0 Å². The predicted molar refractivity (Wildman–Crippen MR) is 49.2 cm³/mol. The largest absolute Gasteiger partial charge is 0.295 e. The molecule has 2 saturated carbocycles. The van der Waals surface area contributed by atoms with E-state index in [0.29, 0.717) is 18.1 Å². The monoisotopic (exact) mass is 180 g/mol. The second-order valence-corrected chi connectivity index (χ2v) is 5.09. The number of Topliss-reactive ketones (excluding diaryl/α,β-unsaturated/α-hetero) is 1. The Bertz CT molecular complexity index is 255. The van der Waals surface area contributed by atoms with Crippen molar-refractivity contribution in [2.75, 3.05) is 0 Å². The summed E-state index contributed by atoms with van der Waals surface area (Å²) >= 11 is 0. The molecule has 2 nitrogen and oxygen atoms in total. The molecule has 2 aliphatic carbocycles. The molecule has 2 bridgehead atoms. The summed E-state index contributed by atoms with van der Waals surface area (Å²) in [7, 11) is 0. The van der Waals surface area contributed by atoms with Gasteiger partial charge in [0.25, 0.3) is 0 Å². The first-order chi connectivity index (χ1) is 6.07. The minimum Gasteiger partial charge on any atom is -0.295 e. The molecule has 0 heterocycles. The molecule has 3 unspecified atom stereocenters. The second-order valence-electron chi connectivity index (χ2n) is 5.09. The molecule has 2 rings (SSSR count). The Labute approximate surface area is 78.7 Å². The molecular weight excluding hydrogens is 164 g/mol. The summed E-state index contributed by atoms with van der Waals surface area (Å²) in [5, 5.41) is 0. The van der Waals surface area contributed by atoms with E-state index in [2.05, 4.69) is 13.8 Å². The van der Waals surface area contributed by atoms with Gasteiger partial charge in [-0.05, 0) is 36.5 Å². The van der Waals surface area contributed by atoms with E-state index in [1.165, 1.54) is 6.42 Å². The van der Waals surface area contributed by atoms with E-state index in [0.717, 1.165) is 12.8 Å². The van der Waals surface area contributed by atoms with E-state index >= 15 is 0 Å². The van der Waals surface area contributed by atoms with Gasteiger partial charge >= 0.3 is 0 Å². The maximum atomic E-state index is 11.5. The molecule has 2 fully saturated rings. The summed E-state index contributed by atoms with van der Waals surface area (Å²) in [5.41, 5.74) is 0.0703. The Balaban J connectivity index is 2.28. The fourth-order valence-electron chi connectivity index (χ4n) is 3.53. The molecule has 0 aliphatic heterocycles. The highest BCUT2D eigenvalue weighted by Crippen LogP contribution is 2.59. The minimum absolute atomic E-state index is 0.0174. The lowest BCUT2D eigenvalue weighted by Gasteiger charge is -2.36. The van der Waals surface area contributed by atoms with Crippen molar-refractivity contribution >= 4 is 12.1 Å². The molecule has 0 spiro atoms. The quantitative estimate of drug-likeness (QED) is 0.480. The smallest absolute Gasteiger partial charge is 0.199 e. The van der Waals surface area contributed by atoms with Crippen LogP contribution in [0.1, 0.15) is 33.1 Å². The van der Waals surface area contributed by atoms with Crippen molar-refractivity contribution < 1.29 is 9.59 Å². The van der Waals surface area contributed by atoms with Crippen LogP contribution in [0.5, 0.6) is 0 Å². The Kier molecular flexibility index (Phi) is 1.83. The summed E-state index contributed by atoms with van der Waals surface area (Å²) in [6.07, 6.45) is 4.09. The number of hydrogen-bond acceptors (Lipinski definition) is 2. The molecule has 0 saturated heterocycles. The molecule has 0 N–H and O–H groups in total. The first-order valence-corrected chi connectivity index (χ1v) is 5.06. The van der Waals surface area contributed by atoms with E-state index in [-0.39, 0.29) is 17.1 Å². The van der Waals surface area contributed by atoms with E-state index in [4.69, 9.17) is 0 Å². The fraction of sp³-hybridized carbons (Fsp3) is 0.818. The van der Waals surface area contributed by atoms with Gasteiger partial charge in [0.2, 0.25) is 0 Å². The average Bonchev–Trinajstić information content (AvgIpc) is 2.60. The van der Waals surface area contributed by atoms with Crippen molar-refractivity contribution in [1.29, 1.82) is 0 Å². The van der Waals surface area contributed by atoms with Gasteiger partial charge in [0.15, 0.2) is 12.1 Å². The zero-order valence-electron chi connectivity index (χ0n) is 8.25. The number of hydrogen-bond donors (Lipinski definition) is 0.